The van der Waals surface area contributed by atoms with E-state index in [9.17, 15) is 9.18 Å². The van der Waals surface area contributed by atoms with Crippen molar-refractivity contribution >= 4 is 40.7 Å². The number of carbonyl (C=O) groups is 1. The van der Waals surface area contributed by atoms with Crippen LogP contribution < -0.4 is 20.5 Å². The number of hydrogen-bond acceptors (Lipinski definition) is 6. The molecule has 1 amide bonds. The number of nitrogens with two attached hydrogens (primary N) is 1. The second kappa shape index (κ2) is 12.3. The molecule has 2 aliphatic rings. The molecule has 2 aliphatic heterocycles. The zero-order valence-electron chi connectivity index (χ0n) is 22.7. The van der Waals surface area contributed by atoms with Gasteiger partial charge in [-0.3, -0.25) is 4.79 Å². The van der Waals surface area contributed by atoms with E-state index in [1.165, 1.54) is 23.8 Å². The van der Waals surface area contributed by atoms with E-state index in [1.807, 2.05) is 30.3 Å². The van der Waals surface area contributed by atoms with Gasteiger partial charge in [-0.25, -0.2) is 14.4 Å². The van der Waals surface area contributed by atoms with Crippen molar-refractivity contribution in [1.29, 1.82) is 0 Å². The van der Waals surface area contributed by atoms with Gasteiger partial charge in [0.1, 0.15) is 29.0 Å². The van der Waals surface area contributed by atoms with Gasteiger partial charge in [0.2, 0.25) is 0 Å². The molecular weight excluding hydrogens is 590 g/mol. The second-order valence-electron chi connectivity index (χ2n) is 9.91. The number of nitrogens with zero attached hydrogens (tertiary/aromatic N) is 2. The number of amides is 1. The number of ether oxygens (including phenoxy) is 2. The number of aromatic nitrogens is 2. The molecule has 5 aromatic rings. The van der Waals surface area contributed by atoms with Gasteiger partial charge in [0.25, 0.3) is 5.91 Å². The summed E-state index contributed by atoms with van der Waals surface area (Å²) in [5, 5.41) is 3.85. The molecule has 3 N–H and O–H groups in total. The van der Waals surface area contributed by atoms with E-state index in [0.717, 1.165) is 58.8 Å². The van der Waals surface area contributed by atoms with E-state index < -0.39 is 11.7 Å². The first-order valence-corrected chi connectivity index (χ1v) is 14.3. The Labute approximate surface area is 257 Å². The zero-order valence-corrected chi connectivity index (χ0v) is 24.3. The number of benzene rings is 3. The van der Waals surface area contributed by atoms with Gasteiger partial charge >= 0.3 is 0 Å². The number of nitrogen functional groups attached to an aromatic ring is 1. The van der Waals surface area contributed by atoms with E-state index in [1.54, 1.807) is 30.6 Å². The standard InChI is InChI=1S/C20H14ClFN2O2.C13H11ClN2O/c21-16-10-18-12(7-8-26-18)9-15(16)13-5-6-19(23-11-13)24-20(25)14-3-1-2-4-17(14)22;14-11-6-12-8(3-4-17-12)5-10(11)9-1-2-13(15)16-7-9/h1-6,9-11H,7-8H2,(H,23,24,25);1-2,5-7H,3-4H2,(H2,15,16). The minimum atomic E-state index is -0.575. The van der Waals surface area contributed by atoms with Gasteiger partial charge in [0.05, 0.1) is 28.8 Å². The van der Waals surface area contributed by atoms with Crippen molar-refractivity contribution in [3.63, 3.8) is 0 Å². The molecule has 0 bridgehead atoms. The molecule has 0 saturated carbocycles. The third-order valence-corrected chi connectivity index (χ3v) is 7.72. The fourth-order valence-electron chi connectivity index (χ4n) is 4.86. The third-order valence-electron chi connectivity index (χ3n) is 7.09. The second-order valence-corrected chi connectivity index (χ2v) is 10.7. The van der Waals surface area contributed by atoms with Gasteiger partial charge in [-0.15, -0.1) is 0 Å². The summed E-state index contributed by atoms with van der Waals surface area (Å²) in [5.41, 5.74) is 11.5. The molecule has 0 saturated heterocycles. The summed E-state index contributed by atoms with van der Waals surface area (Å²) in [6, 6.07) is 20.7. The van der Waals surface area contributed by atoms with E-state index in [4.69, 9.17) is 38.4 Å². The summed E-state index contributed by atoms with van der Waals surface area (Å²) in [6.45, 7) is 1.39. The van der Waals surface area contributed by atoms with Crippen LogP contribution >= 0.6 is 23.2 Å². The predicted molar refractivity (Wildman–Crippen MR) is 167 cm³/mol. The van der Waals surface area contributed by atoms with Crippen molar-refractivity contribution in [2.24, 2.45) is 0 Å². The number of halogens is 3. The number of carbonyl (C=O) groups excluding carboxylic acids is 1. The average Bonchev–Trinajstić information content (AvgIpc) is 3.66. The van der Waals surface area contributed by atoms with Crippen LogP contribution in [0, 0.1) is 5.82 Å². The van der Waals surface area contributed by atoms with Gasteiger partial charge in [-0.05, 0) is 71.8 Å². The summed E-state index contributed by atoms with van der Waals surface area (Å²) in [4.78, 5) is 20.5. The maximum absolute atomic E-state index is 13.7. The van der Waals surface area contributed by atoms with E-state index in [2.05, 4.69) is 21.4 Å². The normalized spacial score (nSPS) is 12.7. The fourth-order valence-corrected chi connectivity index (χ4v) is 5.39. The van der Waals surface area contributed by atoms with Crippen LogP contribution in [0.4, 0.5) is 16.0 Å². The summed E-state index contributed by atoms with van der Waals surface area (Å²) in [7, 11) is 0. The van der Waals surface area contributed by atoms with Gasteiger partial charge < -0.3 is 20.5 Å². The van der Waals surface area contributed by atoms with Crippen molar-refractivity contribution in [1.82, 2.24) is 9.97 Å². The van der Waals surface area contributed by atoms with Crippen LogP contribution in [0.3, 0.4) is 0 Å². The Kier molecular flexibility index (Phi) is 8.13. The molecule has 7 nitrogen and oxygen atoms in total. The smallest absolute Gasteiger partial charge is 0.259 e. The molecule has 0 atom stereocenters. The topological polar surface area (TPSA) is 99.4 Å². The van der Waals surface area contributed by atoms with Crippen LogP contribution in [0.2, 0.25) is 10.0 Å². The molecule has 4 heterocycles. The molecule has 43 heavy (non-hydrogen) atoms. The molecule has 0 fully saturated rings. The quantitative estimate of drug-likeness (QED) is 0.216. The lowest BCUT2D eigenvalue weighted by molar-refractivity contribution is 0.102. The first-order chi connectivity index (χ1) is 20.9. The molecule has 0 aliphatic carbocycles. The van der Waals surface area contributed by atoms with Crippen LogP contribution in [0.1, 0.15) is 21.5 Å². The average molecular weight is 615 g/mol. The van der Waals surface area contributed by atoms with Crippen LogP contribution in [0.25, 0.3) is 22.3 Å². The van der Waals surface area contributed by atoms with E-state index in [0.29, 0.717) is 28.3 Å². The number of nitrogens with one attached hydrogen (secondary N) is 1. The molecule has 7 rings (SSSR count). The first-order valence-electron chi connectivity index (χ1n) is 13.5. The number of hydrogen-bond donors (Lipinski definition) is 2. The highest BCUT2D eigenvalue weighted by Gasteiger charge is 2.18. The maximum Gasteiger partial charge on any atom is 0.259 e. The summed E-state index contributed by atoms with van der Waals surface area (Å²) < 4.78 is 24.7. The van der Waals surface area contributed by atoms with E-state index >= 15 is 0 Å². The largest absolute Gasteiger partial charge is 0.493 e. The molecule has 3 aromatic carbocycles. The number of anilines is 2. The highest BCUT2D eigenvalue weighted by molar-refractivity contribution is 6.34. The van der Waals surface area contributed by atoms with Gasteiger partial charge in [-0.1, -0.05) is 35.3 Å². The Balaban J connectivity index is 0.000000167. The van der Waals surface area contributed by atoms with Gasteiger partial charge in [0, 0.05) is 47.5 Å². The SMILES string of the molecule is Nc1ccc(-c2cc3c(cc2Cl)OCC3)cn1.O=C(Nc1ccc(-c2cc3c(cc2Cl)OCC3)cn1)c1ccccc1F. The lowest BCUT2D eigenvalue weighted by Gasteiger charge is -2.09. The monoisotopic (exact) mass is 614 g/mol. The fraction of sp³-hybridized carbons (Fsp3) is 0.121. The minimum Gasteiger partial charge on any atom is -0.493 e. The Hall–Kier alpha value is -4.66. The maximum atomic E-state index is 13.7. The van der Waals surface area contributed by atoms with Crippen LogP contribution in [-0.2, 0) is 12.8 Å². The van der Waals surface area contributed by atoms with Crippen molar-refractivity contribution in [3.8, 4) is 33.8 Å². The van der Waals surface area contributed by atoms with Crippen molar-refractivity contribution in [3.05, 3.63) is 118 Å². The van der Waals surface area contributed by atoms with Gasteiger partial charge in [0.15, 0.2) is 0 Å². The molecule has 10 heteroatoms. The lowest BCUT2D eigenvalue weighted by atomic mass is 10.0. The molecule has 0 radical (unpaired) electrons. The number of fused-ring (bicyclic) bond motifs is 2. The molecule has 0 spiro atoms. The summed E-state index contributed by atoms with van der Waals surface area (Å²) in [6.07, 6.45) is 5.14. The van der Waals surface area contributed by atoms with Crippen molar-refractivity contribution < 1.29 is 18.7 Å². The van der Waals surface area contributed by atoms with Crippen molar-refractivity contribution in [2.45, 2.75) is 12.8 Å². The van der Waals surface area contributed by atoms with Crippen LogP contribution in [0.5, 0.6) is 11.5 Å². The highest BCUT2D eigenvalue weighted by atomic mass is 35.5. The molecule has 216 valence electrons. The number of rotatable bonds is 4. The predicted octanol–water partition coefficient (Wildman–Crippen LogP) is 7.65. The molecule has 0 unspecified atom stereocenters. The molecule has 2 aromatic heterocycles. The molecular formula is C33H25Cl2FN4O3. The Morgan fingerprint density at radius 2 is 1.37 bits per heavy atom. The summed E-state index contributed by atoms with van der Waals surface area (Å²) in [5.74, 6) is 1.43. The Bertz CT molecular complexity index is 1820. The zero-order chi connectivity index (χ0) is 29.9. The van der Waals surface area contributed by atoms with Crippen LogP contribution in [-0.4, -0.2) is 29.1 Å². The third kappa shape index (κ3) is 6.26. The minimum absolute atomic E-state index is 0.0277. The number of pyridine rings is 2. The Morgan fingerprint density at radius 1 is 0.791 bits per heavy atom. The van der Waals surface area contributed by atoms with Crippen molar-refractivity contribution in [2.75, 3.05) is 24.3 Å². The van der Waals surface area contributed by atoms with E-state index in [-0.39, 0.29) is 5.56 Å². The summed E-state index contributed by atoms with van der Waals surface area (Å²) >= 11 is 12.6. The van der Waals surface area contributed by atoms with Gasteiger partial charge in [-0.2, -0.15) is 0 Å². The lowest BCUT2D eigenvalue weighted by Crippen LogP contribution is -2.14. The Morgan fingerprint density at radius 3 is 1.91 bits per heavy atom. The first kappa shape index (κ1) is 28.5. The van der Waals surface area contributed by atoms with Crippen LogP contribution in [0.15, 0.2) is 85.2 Å². The highest BCUT2D eigenvalue weighted by Crippen LogP contribution is 2.38.